The van der Waals surface area contributed by atoms with Crippen LogP contribution in [-0.2, 0) is 9.84 Å². The zero-order valence-electron chi connectivity index (χ0n) is 10.6. The number of carbonyl (C=O) groups is 1. The van der Waals surface area contributed by atoms with Crippen molar-refractivity contribution in [2.24, 2.45) is 0 Å². The molecule has 0 saturated carbocycles. The summed E-state index contributed by atoms with van der Waals surface area (Å²) >= 11 is 0. The van der Waals surface area contributed by atoms with Gasteiger partial charge in [-0.2, -0.15) is 0 Å². The highest BCUT2D eigenvalue weighted by Crippen LogP contribution is 2.24. The smallest absolute Gasteiger partial charge is 0.337 e. The van der Waals surface area contributed by atoms with Crippen LogP contribution in [0.3, 0.4) is 0 Å². The molecule has 2 aromatic heterocycles. The maximum Gasteiger partial charge on any atom is 0.337 e. The van der Waals surface area contributed by atoms with E-state index in [1.807, 2.05) is 0 Å². The molecule has 0 radical (unpaired) electrons. The molecular formula is C13H12N2O4S. The second-order valence-corrected chi connectivity index (χ2v) is 6.24. The van der Waals surface area contributed by atoms with E-state index in [2.05, 4.69) is 9.97 Å². The number of hydrogen-bond acceptors (Lipinski definition) is 5. The van der Waals surface area contributed by atoms with E-state index in [1.54, 1.807) is 6.92 Å². The van der Waals surface area contributed by atoms with Crippen LogP contribution in [0.1, 0.15) is 17.3 Å². The molecule has 0 aliphatic rings. The van der Waals surface area contributed by atoms with Gasteiger partial charge in [0, 0.05) is 12.4 Å². The number of rotatable bonds is 4. The van der Waals surface area contributed by atoms with E-state index in [0.717, 1.165) is 0 Å². The summed E-state index contributed by atoms with van der Waals surface area (Å²) in [5.41, 5.74) is 0.582. The lowest BCUT2D eigenvalue weighted by molar-refractivity contribution is 0.0696. The highest BCUT2D eigenvalue weighted by molar-refractivity contribution is 7.91. The number of nitrogens with zero attached hydrogens (tertiary/aromatic N) is 2. The van der Waals surface area contributed by atoms with Crippen LogP contribution in [0.25, 0.3) is 11.4 Å². The standard InChI is InChI=1S/C13H12N2O4S/c1-2-20(18,19)11-4-3-7-14-12(11)10-6-5-9(8-15-10)13(16)17/h3-8H,2H2,1H3,(H,16,17). The highest BCUT2D eigenvalue weighted by Gasteiger charge is 2.19. The summed E-state index contributed by atoms with van der Waals surface area (Å²) in [6, 6.07) is 5.81. The monoisotopic (exact) mass is 292 g/mol. The number of carboxylic acids is 1. The Morgan fingerprint density at radius 2 is 2.00 bits per heavy atom. The summed E-state index contributed by atoms with van der Waals surface area (Å²) in [4.78, 5) is 18.9. The number of sulfone groups is 1. The Morgan fingerprint density at radius 1 is 1.25 bits per heavy atom. The lowest BCUT2D eigenvalue weighted by Crippen LogP contribution is -2.07. The van der Waals surface area contributed by atoms with Crippen molar-refractivity contribution in [3.8, 4) is 11.4 Å². The molecule has 20 heavy (non-hydrogen) atoms. The first-order chi connectivity index (χ1) is 9.45. The molecule has 0 unspecified atom stereocenters. The van der Waals surface area contributed by atoms with Gasteiger partial charge in [-0.25, -0.2) is 13.2 Å². The normalized spacial score (nSPS) is 11.2. The zero-order valence-corrected chi connectivity index (χ0v) is 11.5. The topological polar surface area (TPSA) is 97.2 Å². The highest BCUT2D eigenvalue weighted by atomic mass is 32.2. The van der Waals surface area contributed by atoms with Crippen molar-refractivity contribution in [2.45, 2.75) is 11.8 Å². The third-order valence-electron chi connectivity index (χ3n) is 2.74. The lowest BCUT2D eigenvalue weighted by Gasteiger charge is -2.07. The molecule has 0 aliphatic carbocycles. The minimum atomic E-state index is -3.42. The second-order valence-electron chi connectivity index (χ2n) is 3.99. The van der Waals surface area contributed by atoms with Crippen molar-refractivity contribution in [2.75, 3.05) is 5.75 Å². The van der Waals surface area contributed by atoms with Crippen molar-refractivity contribution >= 4 is 15.8 Å². The van der Waals surface area contributed by atoms with Crippen molar-refractivity contribution in [3.05, 3.63) is 42.2 Å². The quantitative estimate of drug-likeness (QED) is 0.920. The van der Waals surface area contributed by atoms with Crippen LogP contribution in [0.4, 0.5) is 0 Å². The Morgan fingerprint density at radius 3 is 2.55 bits per heavy atom. The molecule has 0 saturated heterocycles. The van der Waals surface area contributed by atoms with Crippen molar-refractivity contribution in [3.63, 3.8) is 0 Å². The molecular weight excluding hydrogens is 280 g/mol. The summed E-state index contributed by atoms with van der Waals surface area (Å²) < 4.78 is 24.0. The summed E-state index contributed by atoms with van der Waals surface area (Å²) in [6.45, 7) is 1.55. The van der Waals surface area contributed by atoms with E-state index >= 15 is 0 Å². The van der Waals surface area contributed by atoms with E-state index in [1.165, 1.54) is 36.7 Å². The molecule has 0 aromatic carbocycles. The molecule has 0 spiro atoms. The first-order valence-electron chi connectivity index (χ1n) is 5.83. The Balaban J connectivity index is 2.56. The zero-order chi connectivity index (χ0) is 14.8. The summed E-state index contributed by atoms with van der Waals surface area (Å²) in [5.74, 6) is -1.13. The predicted molar refractivity (Wildman–Crippen MR) is 72.2 cm³/mol. The molecule has 6 nitrogen and oxygen atoms in total. The molecule has 0 fully saturated rings. The Bertz CT molecular complexity index is 739. The molecule has 2 rings (SSSR count). The molecule has 0 bridgehead atoms. The molecule has 0 atom stereocenters. The van der Waals surface area contributed by atoms with Crippen LogP contribution in [0.5, 0.6) is 0 Å². The molecule has 0 aliphatic heterocycles. The van der Waals surface area contributed by atoms with Crippen LogP contribution >= 0.6 is 0 Å². The largest absolute Gasteiger partial charge is 0.478 e. The molecule has 2 aromatic rings. The summed E-state index contributed by atoms with van der Waals surface area (Å²) in [5, 5.41) is 8.82. The van der Waals surface area contributed by atoms with Gasteiger partial charge < -0.3 is 5.11 Å². The maximum absolute atomic E-state index is 12.0. The van der Waals surface area contributed by atoms with E-state index in [4.69, 9.17) is 5.11 Å². The first kappa shape index (κ1) is 14.1. The Kier molecular flexibility index (Phi) is 3.80. The van der Waals surface area contributed by atoms with Gasteiger partial charge in [-0.05, 0) is 24.3 Å². The predicted octanol–water partition coefficient (Wildman–Crippen LogP) is 1.64. The van der Waals surface area contributed by atoms with Crippen LogP contribution in [-0.4, -0.2) is 35.2 Å². The molecule has 104 valence electrons. The van der Waals surface area contributed by atoms with Crippen molar-refractivity contribution < 1.29 is 18.3 Å². The van der Waals surface area contributed by atoms with Crippen LogP contribution < -0.4 is 0 Å². The summed E-state index contributed by atoms with van der Waals surface area (Å²) in [7, 11) is -3.42. The molecule has 1 N–H and O–H groups in total. The lowest BCUT2D eigenvalue weighted by atomic mass is 10.2. The average Bonchev–Trinajstić information content (AvgIpc) is 2.47. The third-order valence-corrected chi connectivity index (χ3v) is 4.50. The number of hydrogen-bond donors (Lipinski definition) is 1. The van der Waals surface area contributed by atoms with Crippen molar-refractivity contribution in [1.82, 2.24) is 9.97 Å². The minimum Gasteiger partial charge on any atom is -0.478 e. The third kappa shape index (κ3) is 2.67. The fraction of sp³-hybridized carbons (Fsp3) is 0.154. The minimum absolute atomic E-state index is 0.0320. The van der Waals surface area contributed by atoms with E-state index < -0.39 is 15.8 Å². The van der Waals surface area contributed by atoms with E-state index in [9.17, 15) is 13.2 Å². The van der Waals surface area contributed by atoms with Gasteiger partial charge in [0.05, 0.1) is 21.9 Å². The van der Waals surface area contributed by atoms with Crippen LogP contribution in [0, 0.1) is 0 Å². The number of aromatic nitrogens is 2. The van der Waals surface area contributed by atoms with Crippen molar-refractivity contribution in [1.29, 1.82) is 0 Å². The number of pyridine rings is 2. The molecule has 2 heterocycles. The van der Waals surface area contributed by atoms with Crippen LogP contribution in [0.15, 0.2) is 41.6 Å². The van der Waals surface area contributed by atoms with Gasteiger partial charge in [-0.1, -0.05) is 6.92 Å². The van der Waals surface area contributed by atoms with Gasteiger partial charge in [0.1, 0.15) is 5.69 Å². The number of carboxylic acid groups (broad SMARTS) is 1. The average molecular weight is 292 g/mol. The SMILES string of the molecule is CCS(=O)(=O)c1cccnc1-c1ccc(C(=O)O)cn1. The van der Waals surface area contributed by atoms with Gasteiger partial charge >= 0.3 is 5.97 Å². The van der Waals surface area contributed by atoms with Gasteiger partial charge in [-0.15, -0.1) is 0 Å². The van der Waals surface area contributed by atoms with Crippen LogP contribution in [0.2, 0.25) is 0 Å². The fourth-order valence-electron chi connectivity index (χ4n) is 1.65. The van der Waals surface area contributed by atoms with E-state index in [0.29, 0.717) is 5.69 Å². The molecule has 7 heteroatoms. The van der Waals surface area contributed by atoms with E-state index in [-0.39, 0.29) is 21.9 Å². The van der Waals surface area contributed by atoms with Gasteiger partial charge in [0.25, 0.3) is 0 Å². The maximum atomic E-state index is 12.0. The molecule has 0 amide bonds. The van der Waals surface area contributed by atoms with Gasteiger partial charge in [0.15, 0.2) is 9.84 Å². The Hall–Kier alpha value is -2.28. The second kappa shape index (κ2) is 5.38. The number of aromatic carboxylic acids is 1. The first-order valence-corrected chi connectivity index (χ1v) is 7.48. The van der Waals surface area contributed by atoms with Gasteiger partial charge in [0.2, 0.25) is 0 Å². The fourth-order valence-corrected chi connectivity index (χ4v) is 2.70. The summed E-state index contributed by atoms with van der Waals surface area (Å²) in [6.07, 6.45) is 2.64. The Labute approximate surface area is 116 Å². The van der Waals surface area contributed by atoms with Gasteiger partial charge in [-0.3, -0.25) is 9.97 Å².